The molecular formula is C14H16F2N4. The maximum atomic E-state index is 13.2. The van der Waals surface area contributed by atoms with Gasteiger partial charge < -0.3 is 10.6 Å². The minimum absolute atomic E-state index is 0.146. The number of aromatic nitrogens is 2. The highest BCUT2D eigenvalue weighted by atomic mass is 19.1. The lowest BCUT2D eigenvalue weighted by molar-refractivity contribution is 0.584. The third kappa shape index (κ3) is 3.40. The van der Waals surface area contributed by atoms with Gasteiger partial charge >= 0.3 is 0 Å². The van der Waals surface area contributed by atoms with Crippen molar-refractivity contribution >= 4 is 17.3 Å². The molecule has 0 saturated heterocycles. The maximum absolute atomic E-state index is 13.2. The number of rotatable bonds is 4. The molecule has 4 nitrogen and oxygen atoms in total. The van der Waals surface area contributed by atoms with E-state index < -0.39 is 11.6 Å². The van der Waals surface area contributed by atoms with E-state index >= 15 is 0 Å². The number of anilines is 3. The lowest BCUT2D eigenvalue weighted by atomic mass is 10.2. The predicted octanol–water partition coefficient (Wildman–Crippen LogP) is 3.66. The Labute approximate surface area is 116 Å². The summed E-state index contributed by atoms with van der Waals surface area (Å²) in [6.07, 6.45) is 0. The minimum atomic E-state index is -0.639. The first-order valence-corrected chi connectivity index (χ1v) is 6.28. The maximum Gasteiger partial charge on any atom is 0.136 e. The SMILES string of the molecule is CNc1cc(Nc2cc(F)cc(F)c2)nc(C(C)C)n1. The van der Waals surface area contributed by atoms with Crippen molar-refractivity contribution in [1.29, 1.82) is 0 Å². The Morgan fingerprint density at radius 2 is 1.55 bits per heavy atom. The smallest absolute Gasteiger partial charge is 0.136 e. The van der Waals surface area contributed by atoms with Gasteiger partial charge in [0, 0.05) is 30.8 Å². The average molecular weight is 278 g/mol. The highest BCUT2D eigenvalue weighted by Gasteiger charge is 2.08. The zero-order valence-electron chi connectivity index (χ0n) is 11.5. The van der Waals surface area contributed by atoms with Crippen LogP contribution in [0.5, 0.6) is 0 Å². The Bertz CT molecular complexity index is 594. The van der Waals surface area contributed by atoms with Crippen LogP contribution in [0.2, 0.25) is 0 Å². The fourth-order valence-corrected chi connectivity index (χ4v) is 1.69. The van der Waals surface area contributed by atoms with Crippen LogP contribution >= 0.6 is 0 Å². The van der Waals surface area contributed by atoms with Crippen LogP contribution in [0.4, 0.5) is 26.1 Å². The molecule has 20 heavy (non-hydrogen) atoms. The van der Waals surface area contributed by atoms with Gasteiger partial charge in [-0.1, -0.05) is 13.8 Å². The number of nitrogens with zero attached hydrogens (tertiary/aromatic N) is 2. The molecule has 0 aliphatic heterocycles. The van der Waals surface area contributed by atoms with Crippen molar-refractivity contribution in [3.05, 3.63) is 41.7 Å². The van der Waals surface area contributed by atoms with Crippen molar-refractivity contribution in [3.63, 3.8) is 0 Å². The van der Waals surface area contributed by atoms with Gasteiger partial charge in [-0.2, -0.15) is 0 Å². The lowest BCUT2D eigenvalue weighted by Crippen LogP contribution is -2.05. The van der Waals surface area contributed by atoms with Crippen LogP contribution in [-0.2, 0) is 0 Å². The Kier molecular flexibility index (Phi) is 4.12. The van der Waals surface area contributed by atoms with Crippen molar-refractivity contribution in [2.75, 3.05) is 17.7 Å². The number of hydrogen-bond donors (Lipinski definition) is 2. The van der Waals surface area contributed by atoms with E-state index in [1.165, 1.54) is 12.1 Å². The first-order chi connectivity index (χ1) is 9.47. The quantitative estimate of drug-likeness (QED) is 0.896. The van der Waals surface area contributed by atoms with Crippen LogP contribution in [0.3, 0.4) is 0 Å². The third-order valence-electron chi connectivity index (χ3n) is 2.65. The van der Waals surface area contributed by atoms with E-state index in [9.17, 15) is 8.78 Å². The predicted molar refractivity (Wildman–Crippen MR) is 75.3 cm³/mol. The molecule has 0 saturated carbocycles. The second kappa shape index (κ2) is 5.81. The van der Waals surface area contributed by atoms with E-state index in [4.69, 9.17) is 0 Å². The standard InChI is InChI=1S/C14H16F2N4/c1-8(2)14-19-12(17-3)7-13(20-14)18-11-5-9(15)4-10(16)6-11/h4-8H,1-3H3,(H2,17,18,19,20). The second-order valence-corrected chi connectivity index (χ2v) is 4.68. The molecule has 2 aromatic rings. The van der Waals surface area contributed by atoms with E-state index in [0.29, 0.717) is 23.1 Å². The molecule has 1 aromatic carbocycles. The molecule has 6 heteroatoms. The number of hydrogen-bond acceptors (Lipinski definition) is 4. The molecule has 0 bridgehead atoms. The zero-order chi connectivity index (χ0) is 14.7. The van der Waals surface area contributed by atoms with Crippen molar-refractivity contribution in [2.24, 2.45) is 0 Å². The Hall–Kier alpha value is -2.24. The Morgan fingerprint density at radius 3 is 2.10 bits per heavy atom. The molecule has 0 atom stereocenters. The van der Waals surface area contributed by atoms with Crippen molar-refractivity contribution in [3.8, 4) is 0 Å². The van der Waals surface area contributed by atoms with Gasteiger partial charge in [0.15, 0.2) is 0 Å². The van der Waals surface area contributed by atoms with Gasteiger partial charge in [0.1, 0.15) is 29.1 Å². The van der Waals surface area contributed by atoms with Crippen LogP contribution in [0.1, 0.15) is 25.6 Å². The summed E-state index contributed by atoms with van der Waals surface area (Å²) in [7, 11) is 1.75. The van der Waals surface area contributed by atoms with Gasteiger partial charge in [0.05, 0.1) is 0 Å². The van der Waals surface area contributed by atoms with Gasteiger partial charge in [-0.25, -0.2) is 18.7 Å². The summed E-state index contributed by atoms with van der Waals surface area (Å²) >= 11 is 0. The summed E-state index contributed by atoms with van der Waals surface area (Å²) < 4.78 is 26.3. The molecule has 2 N–H and O–H groups in total. The zero-order valence-corrected chi connectivity index (χ0v) is 11.5. The molecule has 0 amide bonds. The van der Waals surface area contributed by atoms with Gasteiger partial charge in [0.2, 0.25) is 0 Å². The summed E-state index contributed by atoms with van der Waals surface area (Å²) in [4.78, 5) is 8.65. The van der Waals surface area contributed by atoms with Crippen LogP contribution in [0, 0.1) is 11.6 Å². The summed E-state index contributed by atoms with van der Waals surface area (Å²) in [5.74, 6) is 0.643. The molecular weight excluding hydrogens is 262 g/mol. The third-order valence-corrected chi connectivity index (χ3v) is 2.65. The number of nitrogens with one attached hydrogen (secondary N) is 2. The largest absolute Gasteiger partial charge is 0.373 e. The summed E-state index contributed by atoms with van der Waals surface area (Å²) in [5.41, 5.74) is 0.304. The van der Waals surface area contributed by atoms with E-state index in [1.807, 2.05) is 13.8 Å². The van der Waals surface area contributed by atoms with E-state index in [0.717, 1.165) is 6.07 Å². The summed E-state index contributed by atoms with van der Waals surface area (Å²) in [5, 5.41) is 5.82. The molecule has 0 aliphatic carbocycles. The minimum Gasteiger partial charge on any atom is -0.373 e. The first-order valence-electron chi connectivity index (χ1n) is 6.28. The lowest BCUT2D eigenvalue weighted by Gasteiger charge is -2.11. The summed E-state index contributed by atoms with van der Waals surface area (Å²) in [6, 6.07) is 4.91. The van der Waals surface area contributed by atoms with E-state index in [1.54, 1.807) is 13.1 Å². The monoisotopic (exact) mass is 278 g/mol. The van der Waals surface area contributed by atoms with Gasteiger partial charge in [-0.15, -0.1) is 0 Å². The normalized spacial score (nSPS) is 10.7. The van der Waals surface area contributed by atoms with Gasteiger partial charge in [-0.05, 0) is 12.1 Å². The van der Waals surface area contributed by atoms with Crippen molar-refractivity contribution in [2.45, 2.75) is 19.8 Å². The number of benzene rings is 1. The molecule has 0 aliphatic rings. The highest BCUT2D eigenvalue weighted by Crippen LogP contribution is 2.21. The van der Waals surface area contributed by atoms with Crippen molar-refractivity contribution < 1.29 is 8.78 Å². The first kappa shape index (κ1) is 14.2. The molecule has 2 rings (SSSR count). The molecule has 0 radical (unpaired) electrons. The summed E-state index contributed by atoms with van der Waals surface area (Å²) in [6.45, 7) is 3.95. The van der Waals surface area contributed by atoms with E-state index in [-0.39, 0.29) is 5.92 Å². The van der Waals surface area contributed by atoms with Gasteiger partial charge in [-0.3, -0.25) is 0 Å². The average Bonchev–Trinajstić information content (AvgIpc) is 2.36. The van der Waals surface area contributed by atoms with Crippen LogP contribution in [0.25, 0.3) is 0 Å². The highest BCUT2D eigenvalue weighted by molar-refractivity contribution is 5.59. The van der Waals surface area contributed by atoms with Crippen molar-refractivity contribution in [1.82, 2.24) is 9.97 Å². The Balaban J connectivity index is 2.34. The van der Waals surface area contributed by atoms with Crippen LogP contribution in [-0.4, -0.2) is 17.0 Å². The Morgan fingerprint density at radius 1 is 0.950 bits per heavy atom. The molecule has 0 fully saturated rings. The fraction of sp³-hybridized carbons (Fsp3) is 0.286. The molecule has 0 spiro atoms. The second-order valence-electron chi connectivity index (χ2n) is 4.68. The fourth-order valence-electron chi connectivity index (χ4n) is 1.69. The molecule has 1 aromatic heterocycles. The van der Waals surface area contributed by atoms with Crippen LogP contribution < -0.4 is 10.6 Å². The van der Waals surface area contributed by atoms with Crippen LogP contribution in [0.15, 0.2) is 24.3 Å². The van der Waals surface area contributed by atoms with Gasteiger partial charge in [0.25, 0.3) is 0 Å². The molecule has 1 heterocycles. The van der Waals surface area contributed by atoms with E-state index in [2.05, 4.69) is 20.6 Å². The number of halogens is 2. The topological polar surface area (TPSA) is 49.8 Å². The molecule has 0 unspecified atom stereocenters. The molecule has 106 valence electrons.